The number of likely N-dealkylation sites (N-methyl/N-ethyl adjacent to an activating group) is 1. The van der Waals surface area contributed by atoms with Crippen molar-refractivity contribution < 1.29 is 4.79 Å². The van der Waals surface area contributed by atoms with Crippen LogP contribution in [-0.2, 0) is 10.2 Å². The van der Waals surface area contributed by atoms with E-state index in [0.29, 0.717) is 12.4 Å². The summed E-state index contributed by atoms with van der Waals surface area (Å²) in [5, 5.41) is 3.22. The number of hydrogen-bond donors (Lipinski definition) is 2. The minimum atomic E-state index is -0.412. The van der Waals surface area contributed by atoms with Crippen LogP contribution in [0.1, 0.15) is 33.3 Å². The average molecular weight is 333 g/mol. The van der Waals surface area contributed by atoms with Crippen LogP contribution in [-0.4, -0.2) is 66.0 Å². The van der Waals surface area contributed by atoms with Crippen LogP contribution in [0.5, 0.6) is 0 Å². The lowest BCUT2D eigenvalue weighted by Crippen LogP contribution is -2.58. The number of carbonyl (C=O) groups excluding carboxylic acids is 1. The summed E-state index contributed by atoms with van der Waals surface area (Å²) in [4.78, 5) is 21.1. The van der Waals surface area contributed by atoms with Gasteiger partial charge in [-0.15, -0.1) is 0 Å². The van der Waals surface area contributed by atoms with E-state index in [0.717, 1.165) is 31.7 Å². The molecule has 0 spiro atoms. The molecule has 1 aliphatic heterocycles. The lowest BCUT2D eigenvalue weighted by atomic mass is 9.70. The Morgan fingerprint density at radius 2 is 1.88 bits per heavy atom. The molecule has 1 saturated heterocycles. The van der Waals surface area contributed by atoms with Crippen LogP contribution in [0.2, 0.25) is 0 Å². The number of nitrogens with one attached hydrogen (secondary N) is 1. The molecule has 1 fully saturated rings. The molecule has 0 unspecified atom stereocenters. The van der Waals surface area contributed by atoms with Crippen molar-refractivity contribution in [1.82, 2.24) is 20.1 Å². The quantitative estimate of drug-likeness (QED) is 0.843. The first-order chi connectivity index (χ1) is 11.1. The fraction of sp³-hybridized carbons (Fsp3) is 0.667. The molecule has 0 radical (unpaired) electrons. The molecule has 0 bridgehead atoms. The lowest BCUT2D eigenvalue weighted by molar-refractivity contribution is -0.125. The van der Waals surface area contributed by atoms with Gasteiger partial charge in [0.2, 0.25) is 5.91 Å². The maximum atomic E-state index is 12.5. The summed E-state index contributed by atoms with van der Waals surface area (Å²) < 4.78 is 0. The zero-order valence-electron chi connectivity index (χ0n) is 15.6. The Morgan fingerprint density at radius 1 is 1.25 bits per heavy atom. The molecule has 2 rings (SSSR count). The van der Waals surface area contributed by atoms with Gasteiger partial charge in [-0.3, -0.25) is 9.69 Å². The molecule has 3 N–H and O–H groups in total. The van der Waals surface area contributed by atoms with Gasteiger partial charge in [-0.1, -0.05) is 13.8 Å². The highest BCUT2D eigenvalue weighted by Crippen LogP contribution is 2.35. The Labute approximate surface area is 145 Å². The van der Waals surface area contributed by atoms with Gasteiger partial charge in [0.05, 0.1) is 6.54 Å². The summed E-state index contributed by atoms with van der Waals surface area (Å²) in [7, 11) is 2.11. The highest BCUT2D eigenvalue weighted by molar-refractivity contribution is 5.79. The van der Waals surface area contributed by atoms with Crippen molar-refractivity contribution in [3.63, 3.8) is 0 Å². The van der Waals surface area contributed by atoms with Crippen LogP contribution in [0.4, 0.5) is 5.82 Å². The van der Waals surface area contributed by atoms with E-state index in [4.69, 9.17) is 5.73 Å². The average Bonchev–Trinajstić information content (AvgIpc) is 2.49. The summed E-state index contributed by atoms with van der Waals surface area (Å²) in [5.41, 5.74) is 6.21. The third-order valence-electron chi connectivity index (χ3n) is 5.48. The summed E-state index contributed by atoms with van der Waals surface area (Å²) in [6.07, 6.45) is 1.72. The van der Waals surface area contributed by atoms with Gasteiger partial charge in [0.1, 0.15) is 5.82 Å². The predicted octanol–water partition coefficient (Wildman–Crippen LogP) is 1.08. The van der Waals surface area contributed by atoms with Gasteiger partial charge in [0.15, 0.2) is 0 Å². The number of piperazine rings is 1. The van der Waals surface area contributed by atoms with Crippen molar-refractivity contribution in [2.75, 3.05) is 45.5 Å². The first-order valence-electron chi connectivity index (χ1n) is 8.56. The van der Waals surface area contributed by atoms with Crippen molar-refractivity contribution in [3.8, 4) is 0 Å². The van der Waals surface area contributed by atoms with Crippen LogP contribution in [0.25, 0.3) is 0 Å². The first-order valence-corrected chi connectivity index (χ1v) is 8.56. The Balaban J connectivity index is 2.02. The van der Waals surface area contributed by atoms with E-state index in [-0.39, 0.29) is 11.3 Å². The van der Waals surface area contributed by atoms with Gasteiger partial charge < -0.3 is 16.0 Å². The molecular formula is C18H31N5O. The second-order valence-electron chi connectivity index (χ2n) is 7.85. The van der Waals surface area contributed by atoms with E-state index in [1.165, 1.54) is 0 Å². The van der Waals surface area contributed by atoms with Crippen molar-refractivity contribution >= 4 is 11.7 Å². The maximum Gasteiger partial charge on any atom is 0.234 e. The third-order valence-corrected chi connectivity index (χ3v) is 5.48. The highest BCUT2D eigenvalue weighted by atomic mass is 16.2. The fourth-order valence-electron chi connectivity index (χ4n) is 2.95. The number of pyridine rings is 1. The second-order valence-corrected chi connectivity index (χ2v) is 7.85. The smallest absolute Gasteiger partial charge is 0.234 e. The maximum absolute atomic E-state index is 12.5. The Hall–Kier alpha value is -1.66. The molecule has 2 heterocycles. The number of rotatable bonds is 5. The monoisotopic (exact) mass is 333 g/mol. The zero-order chi connectivity index (χ0) is 18.0. The molecule has 1 amide bonds. The summed E-state index contributed by atoms with van der Waals surface area (Å²) >= 11 is 0. The summed E-state index contributed by atoms with van der Waals surface area (Å²) in [6, 6.07) is 3.85. The normalized spacial score (nSPS) is 17.7. The van der Waals surface area contributed by atoms with E-state index in [1.54, 1.807) is 6.20 Å². The predicted molar refractivity (Wildman–Crippen MR) is 97.8 cm³/mol. The van der Waals surface area contributed by atoms with Gasteiger partial charge >= 0.3 is 0 Å². The van der Waals surface area contributed by atoms with E-state index in [9.17, 15) is 4.79 Å². The van der Waals surface area contributed by atoms with Gasteiger partial charge in [-0.05, 0) is 38.6 Å². The van der Waals surface area contributed by atoms with Crippen LogP contribution in [0.3, 0.4) is 0 Å². The molecule has 0 aliphatic carbocycles. The Bertz CT molecular complexity index is 577. The summed E-state index contributed by atoms with van der Waals surface area (Å²) in [5.74, 6) is 0.569. The number of amides is 1. The molecule has 134 valence electrons. The molecule has 1 aromatic rings. The SMILES string of the molecule is CN1CCN(CC(=O)NC(C)(C)C(C)(C)c2ccnc(N)c2)CC1. The number of nitrogens with two attached hydrogens (primary N) is 1. The van der Waals surface area contributed by atoms with Crippen molar-refractivity contribution in [2.45, 2.75) is 38.6 Å². The molecule has 6 nitrogen and oxygen atoms in total. The van der Waals surface area contributed by atoms with E-state index in [1.807, 2.05) is 12.1 Å². The topological polar surface area (TPSA) is 74.5 Å². The third kappa shape index (κ3) is 4.24. The van der Waals surface area contributed by atoms with E-state index < -0.39 is 5.54 Å². The van der Waals surface area contributed by atoms with E-state index >= 15 is 0 Å². The van der Waals surface area contributed by atoms with Crippen molar-refractivity contribution in [3.05, 3.63) is 23.9 Å². The van der Waals surface area contributed by atoms with Crippen molar-refractivity contribution in [1.29, 1.82) is 0 Å². The zero-order valence-corrected chi connectivity index (χ0v) is 15.6. The minimum absolute atomic E-state index is 0.0691. The van der Waals surface area contributed by atoms with Crippen LogP contribution in [0, 0.1) is 0 Å². The Morgan fingerprint density at radius 3 is 2.46 bits per heavy atom. The molecule has 1 aliphatic rings. The largest absolute Gasteiger partial charge is 0.384 e. The molecule has 1 aromatic heterocycles. The summed E-state index contributed by atoms with van der Waals surface area (Å²) in [6.45, 7) is 12.7. The fourth-order valence-corrected chi connectivity index (χ4v) is 2.95. The molecule has 0 saturated carbocycles. The molecule has 24 heavy (non-hydrogen) atoms. The number of nitrogen functional groups attached to an aromatic ring is 1. The number of aromatic nitrogens is 1. The standard InChI is InChI=1S/C18H31N5O/c1-17(2,14-6-7-20-15(19)12-14)18(3,4)21-16(24)13-23-10-8-22(5)9-11-23/h6-7,12H,8-11,13H2,1-5H3,(H2,19,20)(H,21,24). The number of hydrogen-bond acceptors (Lipinski definition) is 5. The van der Waals surface area contributed by atoms with Crippen molar-refractivity contribution in [2.24, 2.45) is 0 Å². The molecule has 0 aromatic carbocycles. The number of carbonyl (C=O) groups is 1. The van der Waals surface area contributed by atoms with Gasteiger partial charge in [0.25, 0.3) is 0 Å². The Kier molecular flexibility index (Phi) is 5.50. The second kappa shape index (κ2) is 7.07. The minimum Gasteiger partial charge on any atom is -0.384 e. The lowest BCUT2D eigenvalue weighted by Gasteiger charge is -2.43. The molecule has 6 heteroatoms. The van der Waals surface area contributed by atoms with Gasteiger partial charge in [-0.2, -0.15) is 0 Å². The number of nitrogens with zero attached hydrogens (tertiary/aromatic N) is 3. The van der Waals surface area contributed by atoms with Crippen LogP contribution < -0.4 is 11.1 Å². The molecule has 0 atom stereocenters. The van der Waals surface area contributed by atoms with Gasteiger partial charge in [0, 0.05) is 43.3 Å². The highest BCUT2D eigenvalue weighted by Gasteiger charge is 2.40. The van der Waals surface area contributed by atoms with E-state index in [2.05, 4.69) is 54.8 Å². The van der Waals surface area contributed by atoms with Gasteiger partial charge in [-0.25, -0.2) is 4.98 Å². The van der Waals surface area contributed by atoms with Crippen LogP contribution in [0.15, 0.2) is 18.3 Å². The number of anilines is 1. The molecular weight excluding hydrogens is 302 g/mol. The van der Waals surface area contributed by atoms with Crippen LogP contribution >= 0.6 is 0 Å². The first kappa shape index (κ1) is 18.7.